The molecular formula is C20H23NO3. The molecule has 2 aromatic carbocycles. The summed E-state index contributed by atoms with van der Waals surface area (Å²) >= 11 is 0. The van der Waals surface area contributed by atoms with E-state index in [1.165, 1.54) is 0 Å². The highest BCUT2D eigenvalue weighted by Gasteiger charge is 2.22. The van der Waals surface area contributed by atoms with Crippen molar-refractivity contribution in [3.05, 3.63) is 59.2 Å². The molecule has 3 rings (SSSR count). The molecule has 1 N–H and O–H groups in total. The number of hydrogen-bond donors (Lipinski definition) is 1. The Morgan fingerprint density at radius 2 is 1.79 bits per heavy atom. The molecule has 24 heavy (non-hydrogen) atoms. The Morgan fingerprint density at radius 1 is 1.04 bits per heavy atom. The van der Waals surface area contributed by atoms with Gasteiger partial charge in [0.25, 0.3) is 5.91 Å². The van der Waals surface area contributed by atoms with Crippen LogP contribution in [0.15, 0.2) is 42.5 Å². The molecule has 0 aromatic heterocycles. The number of nitrogens with one attached hydrogen (secondary N) is 1. The minimum Gasteiger partial charge on any atom is -0.486 e. The van der Waals surface area contributed by atoms with Crippen LogP contribution in [0.5, 0.6) is 11.5 Å². The first-order valence-corrected chi connectivity index (χ1v) is 8.31. The molecule has 1 aliphatic heterocycles. The molecule has 0 fully saturated rings. The zero-order chi connectivity index (χ0) is 17.1. The highest BCUT2D eigenvalue weighted by atomic mass is 16.6. The SMILES string of the molecule is Cc1cccc(C(=O)N[C@@H](c2ccc3c(c2)OCCO3)C(C)C)c1. The molecule has 4 heteroatoms. The summed E-state index contributed by atoms with van der Waals surface area (Å²) in [7, 11) is 0. The molecule has 1 amide bonds. The maximum absolute atomic E-state index is 12.6. The van der Waals surface area contributed by atoms with Gasteiger partial charge in [-0.1, -0.05) is 37.6 Å². The molecule has 0 saturated heterocycles. The summed E-state index contributed by atoms with van der Waals surface area (Å²) < 4.78 is 11.2. The topological polar surface area (TPSA) is 47.6 Å². The van der Waals surface area contributed by atoms with Gasteiger partial charge in [0.2, 0.25) is 0 Å². The van der Waals surface area contributed by atoms with Crippen molar-refractivity contribution in [2.75, 3.05) is 13.2 Å². The number of benzene rings is 2. The Morgan fingerprint density at radius 3 is 2.50 bits per heavy atom. The second-order valence-electron chi connectivity index (χ2n) is 6.47. The van der Waals surface area contributed by atoms with Gasteiger partial charge in [0, 0.05) is 5.56 Å². The molecule has 0 radical (unpaired) electrons. The molecule has 1 atom stereocenters. The number of amides is 1. The summed E-state index contributed by atoms with van der Waals surface area (Å²) in [5.41, 5.74) is 2.77. The molecule has 0 saturated carbocycles. The summed E-state index contributed by atoms with van der Waals surface area (Å²) in [6.07, 6.45) is 0. The van der Waals surface area contributed by atoms with Crippen LogP contribution in [0.3, 0.4) is 0 Å². The first kappa shape index (κ1) is 16.4. The summed E-state index contributed by atoms with van der Waals surface area (Å²) in [6.45, 7) is 7.30. The van der Waals surface area contributed by atoms with E-state index in [4.69, 9.17) is 9.47 Å². The van der Waals surface area contributed by atoms with Crippen LogP contribution in [0, 0.1) is 12.8 Å². The number of fused-ring (bicyclic) bond motifs is 1. The molecule has 0 aliphatic carbocycles. The van der Waals surface area contributed by atoms with E-state index in [0.717, 1.165) is 22.6 Å². The molecule has 0 bridgehead atoms. The van der Waals surface area contributed by atoms with Crippen molar-refractivity contribution in [3.63, 3.8) is 0 Å². The van der Waals surface area contributed by atoms with E-state index >= 15 is 0 Å². The smallest absolute Gasteiger partial charge is 0.251 e. The van der Waals surface area contributed by atoms with Gasteiger partial charge in [-0.15, -0.1) is 0 Å². The van der Waals surface area contributed by atoms with Gasteiger partial charge in [-0.2, -0.15) is 0 Å². The molecule has 1 aliphatic rings. The van der Waals surface area contributed by atoms with Crippen LogP contribution < -0.4 is 14.8 Å². The number of carbonyl (C=O) groups excluding carboxylic acids is 1. The van der Waals surface area contributed by atoms with Gasteiger partial charge in [0.15, 0.2) is 11.5 Å². The lowest BCUT2D eigenvalue weighted by Gasteiger charge is -2.25. The van der Waals surface area contributed by atoms with Crippen molar-refractivity contribution in [1.29, 1.82) is 0 Å². The zero-order valence-electron chi connectivity index (χ0n) is 14.3. The molecule has 0 spiro atoms. The van der Waals surface area contributed by atoms with Crippen LogP contribution in [0.1, 0.15) is 41.4 Å². The van der Waals surface area contributed by atoms with Crippen molar-refractivity contribution in [2.45, 2.75) is 26.8 Å². The molecule has 1 heterocycles. The van der Waals surface area contributed by atoms with Gasteiger partial charge in [-0.25, -0.2) is 0 Å². The quantitative estimate of drug-likeness (QED) is 0.927. The van der Waals surface area contributed by atoms with Crippen LogP contribution in [-0.4, -0.2) is 19.1 Å². The Kier molecular flexibility index (Phi) is 4.74. The van der Waals surface area contributed by atoms with Crippen LogP contribution >= 0.6 is 0 Å². The lowest BCUT2D eigenvalue weighted by Crippen LogP contribution is -2.32. The third-order valence-corrected chi connectivity index (χ3v) is 4.16. The predicted octanol–water partition coefficient (Wildman–Crippen LogP) is 3.89. The predicted molar refractivity (Wildman–Crippen MR) is 93.7 cm³/mol. The highest BCUT2D eigenvalue weighted by Crippen LogP contribution is 2.34. The minimum atomic E-state index is -0.0890. The van der Waals surface area contributed by atoms with Crippen LogP contribution in [0.4, 0.5) is 0 Å². The molecule has 2 aromatic rings. The van der Waals surface area contributed by atoms with E-state index in [-0.39, 0.29) is 17.9 Å². The van der Waals surface area contributed by atoms with E-state index in [2.05, 4.69) is 19.2 Å². The van der Waals surface area contributed by atoms with Gasteiger partial charge in [0.1, 0.15) is 13.2 Å². The van der Waals surface area contributed by atoms with Gasteiger partial charge < -0.3 is 14.8 Å². The van der Waals surface area contributed by atoms with Gasteiger partial charge >= 0.3 is 0 Å². The Balaban J connectivity index is 1.83. The summed E-state index contributed by atoms with van der Waals surface area (Å²) in [5, 5.41) is 3.15. The third kappa shape index (κ3) is 3.53. The van der Waals surface area contributed by atoms with Crippen LogP contribution in [0.2, 0.25) is 0 Å². The third-order valence-electron chi connectivity index (χ3n) is 4.16. The van der Waals surface area contributed by atoms with Gasteiger partial charge in [-0.05, 0) is 42.7 Å². The first-order valence-electron chi connectivity index (χ1n) is 8.31. The molecule has 0 unspecified atom stereocenters. The average Bonchev–Trinajstić information content (AvgIpc) is 2.58. The summed E-state index contributed by atoms with van der Waals surface area (Å²) in [5.74, 6) is 1.69. The highest BCUT2D eigenvalue weighted by molar-refractivity contribution is 5.94. The fourth-order valence-corrected chi connectivity index (χ4v) is 2.90. The van der Waals surface area contributed by atoms with Crippen molar-refractivity contribution in [1.82, 2.24) is 5.32 Å². The number of ether oxygens (including phenoxy) is 2. The Labute approximate surface area is 142 Å². The summed E-state index contributed by atoms with van der Waals surface area (Å²) in [6, 6.07) is 13.4. The molecule has 4 nitrogen and oxygen atoms in total. The number of rotatable bonds is 4. The maximum atomic E-state index is 12.6. The molecule has 126 valence electrons. The number of hydrogen-bond acceptors (Lipinski definition) is 3. The van der Waals surface area contributed by atoms with E-state index in [9.17, 15) is 4.79 Å². The second kappa shape index (κ2) is 6.95. The van der Waals surface area contributed by atoms with E-state index in [0.29, 0.717) is 18.8 Å². The largest absolute Gasteiger partial charge is 0.486 e. The van der Waals surface area contributed by atoms with Crippen molar-refractivity contribution < 1.29 is 14.3 Å². The fourth-order valence-electron chi connectivity index (χ4n) is 2.90. The standard InChI is InChI=1S/C20H23NO3/c1-13(2)19(21-20(22)16-6-4-5-14(3)11-16)15-7-8-17-18(12-15)24-10-9-23-17/h4-8,11-13,19H,9-10H2,1-3H3,(H,21,22)/t19-/m1/s1. The van der Waals surface area contributed by atoms with E-state index in [1.54, 1.807) is 0 Å². The van der Waals surface area contributed by atoms with Gasteiger partial charge in [-0.3, -0.25) is 4.79 Å². The van der Waals surface area contributed by atoms with Crippen molar-refractivity contribution in [2.24, 2.45) is 5.92 Å². The first-order chi connectivity index (χ1) is 11.5. The maximum Gasteiger partial charge on any atom is 0.251 e. The van der Waals surface area contributed by atoms with E-state index < -0.39 is 0 Å². The second-order valence-corrected chi connectivity index (χ2v) is 6.47. The number of aryl methyl sites for hydroxylation is 1. The van der Waals surface area contributed by atoms with Gasteiger partial charge in [0.05, 0.1) is 6.04 Å². The fraction of sp³-hybridized carbons (Fsp3) is 0.350. The van der Waals surface area contributed by atoms with Crippen molar-refractivity contribution >= 4 is 5.91 Å². The Bertz CT molecular complexity index is 739. The monoisotopic (exact) mass is 325 g/mol. The number of carbonyl (C=O) groups is 1. The van der Waals surface area contributed by atoms with Crippen LogP contribution in [-0.2, 0) is 0 Å². The summed E-state index contributed by atoms with van der Waals surface area (Å²) in [4.78, 5) is 12.6. The Hall–Kier alpha value is -2.49. The lowest BCUT2D eigenvalue weighted by molar-refractivity contribution is 0.0925. The lowest BCUT2D eigenvalue weighted by atomic mass is 9.95. The minimum absolute atomic E-state index is 0.0627. The van der Waals surface area contributed by atoms with E-state index in [1.807, 2.05) is 49.4 Å². The van der Waals surface area contributed by atoms with Crippen molar-refractivity contribution in [3.8, 4) is 11.5 Å². The average molecular weight is 325 g/mol. The van der Waals surface area contributed by atoms with Crippen LogP contribution in [0.25, 0.3) is 0 Å². The zero-order valence-corrected chi connectivity index (χ0v) is 14.3. The normalized spacial score (nSPS) is 14.3. The molecular weight excluding hydrogens is 302 g/mol.